The van der Waals surface area contributed by atoms with Crippen LogP contribution in [0.25, 0.3) is 0 Å². The minimum Gasteiger partial charge on any atom is -0.318 e. The molecular weight excluding hydrogens is 276 g/mol. The van der Waals surface area contributed by atoms with Gasteiger partial charge >= 0.3 is 11.8 Å². The number of amides is 2. The van der Waals surface area contributed by atoms with E-state index in [2.05, 4.69) is 10.6 Å². The molecule has 114 valence electrons. The molecule has 0 aliphatic carbocycles. The Morgan fingerprint density at radius 3 is 1.45 bits per heavy atom. The van der Waals surface area contributed by atoms with E-state index < -0.39 is 11.8 Å². The Bertz CT molecular complexity index is 621. The van der Waals surface area contributed by atoms with E-state index >= 15 is 0 Å². The smallest absolute Gasteiger partial charge is 0.314 e. The van der Waals surface area contributed by atoms with Gasteiger partial charge in [-0.1, -0.05) is 50.2 Å². The van der Waals surface area contributed by atoms with Crippen LogP contribution in [0.15, 0.2) is 48.5 Å². The molecule has 0 heterocycles. The molecule has 2 aromatic rings. The van der Waals surface area contributed by atoms with Gasteiger partial charge < -0.3 is 10.6 Å². The van der Waals surface area contributed by atoms with Crippen LogP contribution < -0.4 is 10.6 Å². The fourth-order valence-corrected chi connectivity index (χ4v) is 2.26. The van der Waals surface area contributed by atoms with Crippen LogP contribution in [0.1, 0.15) is 25.0 Å². The molecule has 0 saturated heterocycles. The molecule has 0 spiro atoms. The number of aryl methyl sites for hydroxylation is 2. The van der Waals surface area contributed by atoms with Gasteiger partial charge in [0.2, 0.25) is 0 Å². The molecule has 0 aromatic heterocycles. The largest absolute Gasteiger partial charge is 0.318 e. The van der Waals surface area contributed by atoms with Gasteiger partial charge in [-0.15, -0.1) is 0 Å². The van der Waals surface area contributed by atoms with Crippen LogP contribution in [-0.2, 0) is 22.4 Å². The first-order chi connectivity index (χ1) is 10.7. The third kappa shape index (κ3) is 3.73. The highest BCUT2D eigenvalue weighted by Gasteiger charge is 2.16. The summed E-state index contributed by atoms with van der Waals surface area (Å²) in [4.78, 5) is 24.1. The lowest BCUT2D eigenvalue weighted by molar-refractivity contribution is -0.133. The van der Waals surface area contributed by atoms with Crippen molar-refractivity contribution in [2.45, 2.75) is 26.7 Å². The van der Waals surface area contributed by atoms with Gasteiger partial charge in [0.25, 0.3) is 0 Å². The molecule has 4 nitrogen and oxygen atoms in total. The first kappa shape index (κ1) is 15.8. The highest BCUT2D eigenvalue weighted by Crippen LogP contribution is 2.17. The monoisotopic (exact) mass is 296 g/mol. The van der Waals surface area contributed by atoms with Crippen molar-refractivity contribution in [1.82, 2.24) is 0 Å². The van der Waals surface area contributed by atoms with Crippen molar-refractivity contribution in [3.8, 4) is 0 Å². The van der Waals surface area contributed by atoms with Crippen LogP contribution in [0, 0.1) is 0 Å². The molecule has 22 heavy (non-hydrogen) atoms. The molecule has 0 fully saturated rings. The number of rotatable bonds is 4. The predicted molar refractivity (Wildman–Crippen MR) is 88.9 cm³/mol. The first-order valence-electron chi connectivity index (χ1n) is 7.43. The minimum absolute atomic E-state index is 0.660. The molecule has 4 heteroatoms. The van der Waals surface area contributed by atoms with Gasteiger partial charge in [0.05, 0.1) is 0 Å². The Hall–Kier alpha value is -2.62. The molecule has 0 aliphatic heterocycles. The average Bonchev–Trinajstić information content (AvgIpc) is 2.55. The molecule has 0 radical (unpaired) electrons. The average molecular weight is 296 g/mol. The molecule has 0 atom stereocenters. The van der Waals surface area contributed by atoms with E-state index in [-0.39, 0.29) is 0 Å². The summed E-state index contributed by atoms with van der Waals surface area (Å²) < 4.78 is 0. The summed E-state index contributed by atoms with van der Waals surface area (Å²) in [7, 11) is 0. The number of hydrogen-bond donors (Lipinski definition) is 2. The van der Waals surface area contributed by atoms with Crippen molar-refractivity contribution in [2.75, 3.05) is 10.6 Å². The number of anilines is 2. The summed E-state index contributed by atoms with van der Waals surface area (Å²) in [5.74, 6) is -1.32. The molecule has 0 unspecified atom stereocenters. The highest BCUT2D eigenvalue weighted by atomic mass is 16.2. The third-order valence-electron chi connectivity index (χ3n) is 3.50. The SMILES string of the molecule is CCc1ccccc1NC(=O)C(=O)Nc1ccccc1CC. The summed E-state index contributed by atoms with van der Waals surface area (Å²) >= 11 is 0. The minimum atomic E-state index is -0.660. The number of nitrogens with one attached hydrogen (secondary N) is 2. The normalized spacial score (nSPS) is 10.1. The van der Waals surface area contributed by atoms with Crippen molar-refractivity contribution < 1.29 is 9.59 Å². The van der Waals surface area contributed by atoms with Gasteiger partial charge in [0.15, 0.2) is 0 Å². The van der Waals surface area contributed by atoms with Gasteiger partial charge in [-0.2, -0.15) is 0 Å². The Kier molecular flexibility index (Phi) is 5.31. The topological polar surface area (TPSA) is 58.2 Å². The number of hydrogen-bond acceptors (Lipinski definition) is 2. The standard InChI is InChI=1S/C18H20N2O2/c1-3-13-9-5-7-11-15(13)19-17(21)18(22)20-16-12-8-6-10-14(16)4-2/h5-12H,3-4H2,1-2H3,(H,19,21)(H,20,22). The molecule has 2 aromatic carbocycles. The molecule has 2 amide bonds. The van der Waals surface area contributed by atoms with Crippen LogP contribution in [0.3, 0.4) is 0 Å². The lowest BCUT2D eigenvalue weighted by Gasteiger charge is -2.11. The van der Waals surface area contributed by atoms with E-state index in [1.807, 2.05) is 50.2 Å². The molecule has 0 bridgehead atoms. The lowest BCUT2D eigenvalue weighted by atomic mass is 10.1. The fourth-order valence-electron chi connectivity index (χ4n) is 2.26. The Labute approximate surface area is 130 Å². The first-order valence-corrected chi connectivity index (χ1v) is 7.43. The molecule has 0 saturated carbocycles. The molecular formula is C18H20N2O2. The van der Waals surface area contributed by atoms with Crippen molar-refractivity contribution >= 4 is 23.2 Å². The van der Waals surface area contributed by atoms with Crippen LogP contribution in [0.4, 0.5) is 11.4 Å². The maximum atomic E-state index is 12.1. The Morgan fingerprint density at radius 1 is 0.727 bits per heavy atom. The van der Waals surface area contributed by atoms with Gasteiger partial charge in [-0.25, -0.2) is 0 Å². The van der Waals surface area contributed by atoms with E-state index in [4.69, 9.17) is 0 Å². The summed E-state index contributed by atoms with van der Waals surface area (Å²) in [6.45, 7) is 4.01. The zero-order chi connectivity index (χ0) is 15.9. The van der Waals surface area contributed by atoms with E-state index in [1.165, 1.54) is 0 Å². The second-order valence-corrected chi connectivity index (χ2v) is 4.93. The molecule has 2 rings (SSSR count). The van der Waals surface area contributed by atoms with Gasteiger partial charge in [0, 0.05) is 11.4 Å². The van der Waals surface area contributed by atoms with Gasteiger partial charge in [-0.05, 0) is 36.1 Å². The van der Waals surface area contributed by atoms with E-state index in [9.17, 15) is 9.59 Å². The quantitative estimate of drug-likeness (QED) is 0.850. The summed E-state index contributed by atoms with van der Waals surface area (Å²) in [5, 5.41) is 5.34. The highest BCUT2D eigenvalue weighted by molar-refractivity contribution is 6.43. The van der Waals surface area contributed by atoms with E-state index in [0.29, 0.717) is 11.4 Å². The number of para-hydroxylation sites is 2. The number of carbonyl (C=O) groups is 2. The Balaban J connectivity index is 2.08. The molecule has 2 N–H and O–H groups in total. The maximum absolute atomic E-state index is 12.1. The second kappa shape index (κ2) is 7.41. The van der Waals surface area contributed by atoms with Gasteiger partial charge in [0.1, 0.15) is 0 Å². The van der Waals surface area contributed by atoms with Crippen molar-refractivity contribution in [3.05, 3.63) is 59.7 Å². The second-order valence-electron chi connectivity index (χ2n) is 4.93. The summed E-state index contributed by atoms with van der Waals surface area (Å²) in [6, 6.07) is 14.9. The summed E-state index contributed by atoms with van der Waals surface area (Å²) in [5.41, 5.74) is 3.35. The zero-order valence-corrected chi connectivity index (χ0v) is 12.8. The number of carbonyl (C=O) groups excluding carboxylic acids is 2. The van der Waals surface area contributed by atoms with E-state index in [0.717, 1.165) is 24.0 Å². The fraction of sp³-hybridized carbons (Fsp3) is 0.222. The zero-order valence-electron chi connectivity index (χ0n) is 12.8. The molecule has 0 aliphatic rings. The van der Waals surface area contributed by atoms with Gasteiger partial charge in [-0.3, -0.25) is 9.59 Å². The van der Waals surface area contributed by atoms with Crippen molar-refractivity contribution in [1.29, 1.82) is 0 Å². The van der Waals surface area contributed by atoms with E-state index in [1.54, 1.807) is 12.1 Å². The lowest BCUT2D eigenvalue weighted by Crippen LogP contribution is -2.29. The van der Waals surface area contributed by atoms with Crippen LogP contribution in [0.2, 0.25) is 0 Å². The van der Waals surface area contributed by atoms with Crippen molar-refractivity contribution in [3.63, 3.8) is 0 Å². The maximum Gasteiger partial charge on any atom is 0.314 e. The number of benzene rings is 2. The predicted octanol–water partition coefficient (Wildman–Crippen LogP) is 3.39. The van der Waals surface area contributed by atoms with Crippen LogP contribution in [0.5, 0.6) is 0 Å². The third-order valence-corrected chi connectivity index (χ3v) is 3.50. The van der Waals surface area contributed by atoms with Crippen molar-refractivity contribution in [2.24, 2.45) is 0 Å². The van der Waals surface area contributed by atoms with Crippen LogP contribution in [-0.4, -0.2) is 11.8 Å². The summed E-state index contributed by atoms with van der Waals surface area (Å²) in [6.07, 6.45) is 1.58. The van der Waals surface area contributed by atoms with Crippen LogP contribution >= 0.6 is 0 Å². The Morgan fingerprint density at radius 2 is 1.09 bits per heavy atom.